The zero-order valence-corrected chi connectivity index (χ0v) is 19.5. The van der Waals surface area contributed by atoms with Gasteiger partial charge in [0, 0.05) is 37.3 Å². The second-order valence-electron chi connectivity index (χ2n) is 6.17. The number of ether oxygens (including phenoxy) is 2. The Bertz CT molecular complexity index is 960. The molecule has 3 aromatic carbocycles. The van der Waals surface area contributed by atoms with Gasteiger partial charge >= 0.3 is 0 Å². The Morgan fingerprint density at radius 2 is 1.55 bits per heavy atom. The van der Waals surface area contributed by atoms with Crippen LogP contribution in [-0.2, 0) is 13.2 Å². The largest absolute Gasteiger partial charge is 0.490 e. The zero-order chi connectivity index (χ0) is 20.8. The Labute approximate surface area is 194 Å². The van der Waals surface area contributed by atoms with Crippen LogP contribution in [0.15, 0.2) is 59.1 Å². The maximum Gasteiger partial charge on any atom is 0.162 e. The second-order valence-corrected chi connectivity index (χ2v) is 8.28. The van der Waals surface area contributed by atoms with Crippen molar-refractivity contribution >= 4 is 56.4 Å². The molecule has 0 radical (unpaired) electrons. The van der Waals surface area contributed by atoms with Gasteiger partial charge < -0.3 is 14.8 Å². The lowest BCUT2D eigenvalue weighted by Gasteiger charge is -2.16. The van der Waals surface area contributed by atoms with Crippen LogP contribution in [0, 0.1) is 0 Å². The SMILES string of the molecule is CCOc1cc(CNc2ccc(Cl)cc2)c(Br)cc1OCc1c(Cl)cccc1Cl. The van der Waals surface area contributed by atoms with Crippen molar-refractivity contribution in [2.24, 2.45) is 0 Å². The fourth-order valence-corrected chi connectivity index (χ4v) is 3.77. The van der Waals surface area contributed by atoms with Gasteiger partial charge in [0.15, 0.2) is 11.5 Å². The van der Waals surface area contributed by atoms with Crippen LogP contribution in [0.5, 0.6) is 11.5 Å². The van der Waals surface area contributed by atoms with Crippen LogP contribution in [0.2, 0.25) is 15.1 Å². The Morgan fingerprint density at radius 3 is 2.21 bits per heavy atom. The van der Waals surface area contributed by atoms with Crippen LogP contribution < -0.4 is 14.8 Å². The summed E-state index contributed by atoms with van der Waals surface area (Å²) in [5, 5.41) is 5.21. The quantitative estimate of drug-likeness (QED) is 0.330. The summed E-state index contributed by atoms with van der Waals surface area (Å²) in [5.74, 6) is 1.27. The molecule has 0 bridgehead atoms. The molecular weight excluding hydrogens is 497 g/mol. The second kappa shape index (κ2) is 10.4. The number of benzene rings is 3. The van der Waals surface area contributed by atoms with Gasteiger partial charge in [-0.25, -0.2) is 0 Å². The van der Waals surface area contributed by atoms with Crippen molar-refractivity contribution in [3.05, 3.63) is 85.3 Å². The molecule has 0 spiro atoms. The van der Waals surface area contributed by atoms with Crippen molar-refractivity contribution in [1.82, 2.24) is 0 Å². The van der Waals surface area contributed by atoms with Gasteiger partial charge in [0.25, 0.3) is 0 Å². The van der Waals surface area contributed by atoms with E-state index >= 15 is 0 Å². The molecule has 0 aliphatic carbocycles. The van der Waals surface area contributed by atoms with E-state index in [2.05, 4.69) is 21.2 Å². The van der Waals surface area contributed by atoms with Gasteiger partial charge in [-0.15, -0.1) is 0 Å². The highest BCUT2D eigenvalue weighted by atomic mass is 79.9. The van der Waals surface area contributed by atoms with Crippen LogP contribution in [0.3, 0.4) is 0 Å². The minimum Gasteiger partial charge on any atom is -0.490 e. The molecule has 0 unspecified atom stereocenters. The van der Waals surface area contributed by atoms with Gasteiger partial charge in [-0.1, -0.05) is 56.8 Å². The van der Waals surface area contributed by atoms with Crippen LogP contribution in [-0.4, -0.2) is 6.61 Å². The van der Waals surface area contributed by atoms with E-state index in [9.17, 15) is 0 Å². The van der Waals surface area contributed by atoms with Crippen molar-refractivity contribution in [3.8, 4) is 11.5 Å². The van der Waals surface area contributed by atoms with Crippen LogP contribution >= 0.6 is 50.7 Å². The smallest absolute Gasteiger partial charge is 0.162 e. The summed E-state index contributed by atoms with van der Waals surface area (Å²) in [4.78, 5) is 0. The minimum absolute atomic E-state index is 0.243. The van der Waals surface area contributed by atoms with Crippen LogP contribution in [0.1, 0.15) is 18.1 Å². The molecule has 0 heterocycles. The molecule has 0 saturated heterocycles. The highest BCUT2D eigenvalue weighted by Gasteiger charge is 2.13. The first-order valence-corrected chi connectivity index (χ1v) is 10.9. The molecule has 0 aliphatic heterocycles. The molecule has 0 fully saturated rings. The normalized spacial score (nSPS) is 10.7. The van der Waals surface area contributed by atoms with E-state index in [1.807, 2.05) is 43.3 Å². The fraction of sp³-hybridized carbons (Fsp3) is 0.182. The lowest BCUT2D eigenvalue weighted by Crippen LogP contribution is -2.04. The minimum atomic E-state index is 0.243. The molecule has 29 heavy (non-hydrogen) atoms. The van der Waals surface area contributed by atoms with Crippen molar-refractivity contribution in [2.75, 3.05) is 11.9 Å². The standard InChI is InChI=1S/C22H19BrCl3NO2/c1-2-28-21-10-14(12-27-16-8-6-15(24)7-9-16)18(23)11-22(21)29-13-17-19(25)4-3-5-20(17)26/h3-11,27H,2,12-13H2,1H3. The maximum atomic E-state index is 6.24. The first-order chi connectivity index (χ1) is 14.0. The van der Waals surface area contributed by atoms with Crippen molar-refractivity contribution in [3.63, 3.8) is 0 Å². The molecule has 0 atom stereocenters. The molecular formula is C22H19BrCl3NO2. The molecule has 3 nitrogen and oxygen atoms in total. The molecule has 0 amide bonds. The maximum absolute atomic E-state index is 6.24. The summed E-state index contributed by atoms with van der Waals surface area (Å²) in [7, 11) is 0. The van der Waals surface area contributed by atoms with Crippen molar-refractivity contribution in [2.45, 2.75) is 20.1 Å². The van der Waals surface area contributed by atoms with E-state index in [4.69, 9.17) is 44.3 Å². The average Bonchev–Trinajstić information content (AvgIpc) is 2.69. The number of hydrogen-bond acceptors (Lipinski definition) is 3. The number of nitrogens with one attached hydrogen (secondary N) is 1. The summed E-state index contributed by atoms with van der Waals surface area (Å²) in [6.07, 6.45) is 0. The Morgan fingerprint density at radius 1 is 0.897 bits per heavy atom. The van der Waals surface area contributed by atoms with Crippen LogP contribution in [0.4, 0.5) is 5.69 Å². The molecule has 3 aromatic rings. The Hall–Kier alpha value is -1.59. The van der Waals surface area contributed by atoms with E-state index in [1.165, 1.54) is 0 Å². The predicted octanol–water partition coefficient (Wildman–Crippen LogP) is 8.00. The highest BCUT2D eigenvalue weighted by molar-refractivity contribution is 9.10. The van der Waals surface area contributed by atoms with E-state index in [0.29, 0.717) is 39.7 Å². The first kappa shape index (κ1) is 22.1. The number of rotatable bonds is 8. The predicted molar refractivity (Wildman–Crippen MR) is 125 cm³/mol. The van der Waals surface area contributed by atoms with E-state index in [1.54, 1.807) is 18.2 Å². The van der Waals surface area contributed by atoms with E-state index in [-0.39, 0.29) is 6.61 Å². The number of halogens is 4. The molecule has 0 aliphatic rings. The van der Waals surface area contributed by atoms with Gasteiger partial charge in [0.1, 0.15) is 6.61 Å². The van der Waals surface area contributed by atoms with Crippen molar-refractivity contribution < 1.29 is 9.47 Å². The summed E-state index contributed by atoms with van der Waals surface area (Å²) in [6, 6.07) is 16.8. The lowest BCUT2D eigenvalue weighted by atomic mass is 10.2. The highest BCUT2D eigenvalue weighted by Crippen LogP contribution is 2.36. The topological polar surface area (TPSA) is 30.5 Å². The monoisotopic (exact) mass is 513 g/mol. The third-order valence-electron chi connectivity index (χ3n) is 4.17. The van der Waals surface area contributed by atoms with Gasteiger partial charge in [-0.05, 0) is 61.0 Å². The van der Waals surface area contributed by atoms with Crippen molar-refractivity contribution in [1.29, 1.82) is 0 Å². The molecule has 7 heteroatoms. The number of hydrogen-bond donors (Lipinski definition) is 1. The number of anilines is 1. The first-order valence-electron chi connectivity index (χ1n) is 8.98. The molecule has 152 valence electrons. The Kier molecular flexibility index (Phi) is 7.96. The van der Waals surface area contributed by atoms with E-state index in [0.717, 1.165) is 21.3 Å². The van der Waals surface area contributed by atoms with Gasteiger partial charge in [0.2, 0.25) is 0 Å². The third kappa shape index (κ3) is 5.95. The molecule has 1 N–H and O–H groups in total. The van der Waals surface area contributed by atoms with E-state index < -0.39 is 0 Å². The lowest BCUT2D eigenvalue weighted by molar-refractivity contribution is 0.269. The summed E-state index contributed by atoms with van der Waals surface area (Å²) < 4.78 is 12.7. The van der Waals surface area contributed by atoms with Gasteiger partial charge in [-0.2, -0.15) is 0 Å². The van der Waals surface area contributed by atoms with Gasteiger partial charge in [-0.3, -0.25) is 0 Å². The third-order valence-corrected chi connectivity index (χ3v) is 5.87. The Balaban J connectivity index is 1.77. The molecule has 3 rings (SSSR count). The fourth-order valence-electron chi connectivity index (χ4n) is 2.68. The molecule has 0 saturated carbocycles. The summed E-state index contributed by atoms with van der Waals surface area (Å²) in [5.41, 5.74) is 2.75. The molecule has 0 aromatic heterocycles. The average molecular weight is 516 g/mol. The summed E-state index contributed by atoms with van der Waals surface area (Å²) >= 11 is 22.0. The summed E-state index contributed by atoms with van der Waals surface area (Å²) in [6.45, 7) is 3.31. The van der Waals surface area contributed by atoms with Gasteiger partial charge in [0.05, 0.1) is 6.61 Å². The van der Waals surface area contributed by atoms with Crippen LogP contribution in [0.25, 0.3) is 0 Å². The zero-order valence-electron chi connectivity index (χ0n) is 15.6.